The lowest BCUT2D eigenvalue weighted by Gasteiger charge is -2.12. The molecule has 0 aliphatic rings. The SMILES string of the molecule is Cc1nc(C(C)C)nc(NCc2n[nH]c(=O)n2C)c1Br. The molecule has 108 valence electrons. The van der Waals surface area contributed by atoms with Gasteiger partial charge in [0.25, 0.3) is 0 Å². The molecule has 2 N–H and O–H groups in total. The molecule has 7 nitrogen and oxygen atoms in total. The van der Waals surface area contributed by atoms with E-state index in [1.807, 2.05) is 20.8 Å². The first-order chi connectivity index (χ1) is 9.40. The fourth-order valence-corrected chi connectivity index (χ4v) is 1.97. The molecule has 0 spiro atoms. The van der Waals surface area contributed by atoms with Crippen LogP contribution < -0.4 is 11.0 Å². The standard InChI is InChI=1S/C12H17BrN6O/c1-6(2)10-15-7(3)9(13)11(16-10)14-5-8-17-18-12(20)19(8)4/h6H,5H2,1-4H3,(H,18,20)(H,14,15,16). The molecule has 0 amide bonds. The lowest BCUT2D eigenvalue weighted by Crippen LogP contribution is -2.16. The van der Waals surface area contributed by atoms with E-state index in [0.717, 1.165) is 16.0 Å². The first-order valence-corrected chi connectivity index (χ1v) is 7.07. The van der Waals surface area contributed by atoms with Gasteiger partial charge in [0.15, 0.2) is 5.82 Å². The molecule has 2 aromatic rings. The van der Waals surface area contributed by atoms with Crippen LogP contribution >= 0.6 is 15.9 Å². The van der Waals surface area contributed by atoms with Gasteiger partial charge in [-0.15, -0.1) is 0 Å². The molecule has 0 atom stereocenters. The summed E-state index contributed by atoms with van der Waals surface area (Å²) in [6, 6.07) is 0. The maximum atomic E-state index is 11.3. The Morgan fingerprint density at radius 1 is 1.40 bits per heavy atom. The van der Waals surface area contributed by atoms with Crippen molar-refractivity contribution in [1.29, 1.82) is 0 Å². The van der Waals surface area contributed by atoms with Gasteiger partial charge in [0, 0.05) is 13.0 Å². The van der Waals surface area contributed by atoms with Crippen LogP contribution in [0.4, 0.5) is 5.82 Å². The molecule has 0 aromatic carbocycles. The van der Waals surface area contributed by atoms with E-state index in [2.05, 4.69) is 41.4 Å². The number of halogens is 1. The molecule has 0 unspecified atom stereocenters. The molecule has 0 radical (unpaired) electrons. The number of aromatic nitrogens is 5. The number of aryl methyl sites for hydroxylation is 1. The lowest BCUT2D eigenvalue weighted by atomic mass is 10.2. The van der Waals surface area contributed by atoms with Gasteiger partial charge in [0.1, 0.15) is 11.6 Å². The van der Waals surface area contributed by atoms with Crippen LogP contribution in [0.25, 0.3) is 0 Å². The molecule has 0 fully saturated rings. The van der Waals surface area contributed by atoms with Crippen molar-refractivity contribution in [3.8, 4) is 0 Å². The highest BCUT2D eigenvalue weighted by atomic mass is 79.9. The quantitative estimate of drug-likeness (QED) is 0.884. The number of H-pyrrole nitrogens is 1. The van der Waals surface area contributed by atoms with Crippen molar-refractivity contribution in [3.05, 3.63) is 32.3 Å². The second-order valence-corrected chi connectivity index (χ2v) is 5.64. The summed E-state index contributed by atoms with van der Waals surface area (Å²) < 4.78 is 2.28. The summed E-state index contributed by atoms with van der Waals surface area (Å²) in [7, 11) is 1.67. The number of hydrogen-bond acceptors (Lipinski definition) is 5. The van der Waals surface area contributed by atoms with Crippen molar-refractivity contribution < 1.29 is 0 Å². The fourth-order valence-electron chi connectivity index (χ4n) is 1.66. The summed E-state index contributed by atoms with van der Waals surface area (Å²) in [6.07, 6.45) is 0. The Hall–Kier alpha value is -1.70. The molecule has 0 bridgehead atoms. The van der Waals surface area contributed by atoms with Gasteiger partial charge >= 0.3 is 5.69 Å². The largest absolute Gasteiger partial charge is 0.362 e. The third-order valence-corrected chi connectivity index (χ3v) is 3.89. The van der Waals surface area contributed by atoms with Crippen molar-refractivity contribution in [1.82, 2.24) is 24.7 Å². The Morgan fingerprint density at radius 2 is 2.10 bits per heavy atom. The summed E-state index contributed by atoms with van der Waals surface area (Å²) >= 11 is 3.48. The van der Waals surface area contributed by atoms with Crippen LogP contribution in [-0.2, 0) is 13.6 Å². The average Bonchev–Trinajstić information content (AvgIpc) is 2.71. The molecule has 2 heterocycles. The summed E-state index contributed by atoms with van der Waals surface area (Å²) in [4.78, 5) is 20.2. The van der Waals surface area contributed by atoms with Crippen molar-refractivity contribution in [2.24, 2.45) is 7.05 Å². The topological polar surface area (TPSA) is 88.5 Å². The second-order valence-electron chi connectivity index (χ2n) is 4.84. The Bertz CT molecular complexity index is 675. The number of nitrogens with zero attached hydrogens (tertiary/aromatic N) is 4. The van der Waals surface area contributed by atoms with Crippen LogP contribution in [0.5, 0.6) is 0 Å². The van der Waals surface area contributed by atoms with Crippen LogP contribution in [0.15, 0.2) is 9.27 Å². The van der Waals surface area contributed by atoms with Gasteiger partial charge in [-0.05, 0) is 22.9 Å². The maximum Gasteiger partial charge on any atom is 0.343 e. The summed E-state index contributed by atoms with van der Waals surface area (Å²) in [5, 5.41) is 9.53. The van der Waals surface area contributed by atoms with Crippen molar-refractivity contribution in [2.45, 2.75) is 33.2 Å². The highest BCUT2D eigenvalue weighted by Gasteiger charge is 2.12. The highest BCUT2D eigenvalue weighted by Crippen LogP contribution is 2.25. The van der Waals surface area contributed by atoms with Crippen molar-refractivity contribution >= 4 is 21.7 Å². The first-order valence-electron chi connectivity index (χ1n) is 6.28. The van der Waals surface area contributed by atoms with Crippen molar-refractivity contribution in [3.63, 3.8) is 0 Å². The van der Waals surface area contributed by atoms with E-state index in [9.17, 15) is 4.79 Å². The van der Waals surface area contributed by atoms with E-state index in [1.54, 1.807) is 7.05 Å². The smallest absolute Gasteiger partial charge is 0.343 e. The number of nitrogens with one attached hydrogen (secondary N) is 2. The number of rotatable bonds is 4. The van der Waals surface area contributed by atoms with Crippen LogP contribution in [0.3, 0.4) is 0 Å². The summed E-state index contributed by atoms with van der Waals surface area (Å²) in [6.45, 7) is 6.42. The Balaban J connectivity index is 2.25. The Labute approximate surface area is 125 Å². The van der Waals surface area contributed by atoms with E-state index < -0.39 is 0 Å². The van der Waals surface area contributed by atoms with E-state index >= 15 is 0 Å². The average molecular weight is 341 g/mol. The number of aromatic amines is 1. The van der Waals surface area contributed by atoms with Gasteiger partial charge in [0.2, 0.25) is 0 Å². The zero-order valence-electron chi connectivity index (χ0n) is 11.9. The van der Waals surface area contributed by atoms with E-state index in [4.69, 9.17) is 0 Å². The van der Waals surface area contributed by atoms with E-state index in [0.29, 0.717) is 18.2 Å². The zero-order valence-corrected chi connectivity index (χ0v) is 13.4. The molecule has 8 heteroatoms. The van der Waals surface area contributed by atoms with Gasteiger partial charge in [0.05, 0.1) is 16.7 Å². The highest BCUT2D eigenvalue weighted by molar-refractivity contribution is 9.10. The van der Waals surface area contributed by atoms with Crippen LogP contribution in [0.1, 0.15) is 37.1 Å². The van der Waals surface area contributed by atoms with Crippen LogP contribution in [0.2, 0.25) is 0 Å². The normalized spacial score (nSPS) is 11.1. The van der Waals surface area contributed by atoms with Gasteiger partial charge in [-0.3, -0.25) is 4.57 Å². The molecule has 20 heavy (non-hydrogen) atoms. The molecule has 2 aromatic heterocycles. The molecule has 0 saturated carbocycles. The van der Waals surface area contributed by atoms with E-state index in [1.165, 1.54) is 4.57 Å². The molecule has 0 aliphatic heterocycles. The van der Waals surface area contributed by atoms with Gasteiger partial charge in [-0.2, -0.15) is 5.10 Å². The predicted octanol–water partition coefficient (Wildman–Crippen LogP) is 1.70. The molecular weight excluding hydrogens is 324 g/mol. The second kappa shape index (κ2) is 5.74. The Kier molecular flexibility index (Phi) is 4.22. The molecule has 2 rings (SSSR count). The van der Waals surface area contributed by atoms with Crippen LogP contribution in [0, 0.1) is 6.92 Å². The summed E-state index contributed by atoms with van der Waals surface area (Å²) in [5.41, 5.74) is 0.643. The number of anilines is 1. The van der Waals surface area contributed by atoms with Crippen molar-refractivity contribution in [2.75, 3.05) is 5.32 Å². The predicted molar refractivity (Wildman–Crippen MR) is 79.7 cm³/mol. The van der Waals surface area contributed by atoms with Crippen LogP contribution in [-0.4, -0.2) is 24.7 Å². The fraction of sp³-hybridized carbons (Fsp3) is 0.500. The summed E-state index contributed by atoms with van der Waals surface area (Å²) in [5.74, 6) is 2.35. The minimum Gasteiger partial charge on any atom is -0.362 e. The molecular formula is C12H17BrN6O. The Morgan fingerprint density at radius 3 is 2.65 bits per heavy atom. The van der Waals surface area contributed by atoms with Gasteiger partial charge in [-0.25, -0.2) is 19.9 Å². The lowest BCUT2D eigenvalue weighted by molar-refractivity contribution is 0.757. The minimum atomic E-state index is -0.234. The third kappa shape index (κ3) is 2.90. The monoisotopic (exact) mass is 340 g/mol. The molecule has 0 aliphatic carbocycles. The zero-order chi connectivity index (χ0) is 14.9. The molecule has 0 saturated heterocycles. The van der Waals surface area contributed by atoms with Gasteiger partial charge < -0.3 is 5.32 Å². The maximum absolute atomic E-state index is 11.3. The minimum absolute atomic E-state index is 0.234. The number of hydrogen-bond donors (Lipinski definition) is 2. The van der Waals surface area contributed by atoms with Gasteiger partial charge in [-0.1, -0.05) is 13.8 Å². The van der Waals surface area contributed by atoms with E-state index in [-0.39, 0.29) is 11.6 Å². The third-order valence-electron chi connectivity index (χ3n) is 2.94. The first kappa shape index (κ1) is 14.7.